The highest BCUT2D eigenvalue weighted by atomic mass is 16.6. The number of nitro groups is 1. The molecule has 0 spiro atoms. The number of nitrogens with zero attached hydrogens (tertiary/aromatic N) is 2. The number of amides is 1. The molecule has 0 aromatic heterocycles. The third-order valence-corrected chi connectivity index (χ3v) is 4.15. The average molecular weight is 305 g/mol. The zero-order valence-electron chi connectivity index (χ0n) is 13.2. The van der Waals surface area contributed by atoms with Crippen molar-refractivity contribution in [3.05, 3.63) is 33.4 Å². The molecule has 0 aliphatic carbocycles. The highest BCUT2D eigenvalue weighted by Gasteiger charge is 2.19. The molecule has 0 bridgehead atoms. The molecule has 22 heavy (non-hydrogen) atoms. The van der Waals surface area contributed by atoms with Crippen molar-refractivity contribution in [2.45, 2.75) is 39.5 Å². The van der Waals surface area contributed by atoms with Gasteiger partial charge in [0.05, 0.1) is 11.5 Å². The van der Waals surface area contributed by atoms with Crippen molar-refractivity contribution in [1.29, 1.82) is 0 Å². The van der Waals surface area contributed by atoms with Crippen LogP contribution in [0.3, 0.4) is 0 Å². The fourth-order valence-corrected chi connectivity index (χ4v) is 2.74. The summed E-state index contributed by atoms with van der Waals surface area (Å²) in [5.41, 5.74) is 2.01. The SMILES string of the molecule is Cc1cc(NC(=O)CN2CCCCCC2)c([N+](=O)[O-])cc1C. The smallest absolute Gasteiger partial charge is 0.293 e. The lowest BCUT2D eigenvalue weighted by atomic mass is 10.1. The second kappa shape index (κ2) is 7.35. The molecule has 0 atom stereocenters. The van der Waals surface area contributed by atoms with E-state index in [1.807, 2.05) is 13.8 Å². The summed E-state index contributed by atoms with van der Waals surface area (Å²) in [5.74, 6) is -0.187. The van der Waals surface area contributed by atoms with E-state index in [-0.39, 0.29) is 17.3 Å². The largest absolute Gasteiger partial charge is 0.319 e. The molecule has 1 heterocycles. The second-order valence-corrected chi connectivity index (χ2v) is 5.95. The molecule has 1 aromatic rings. The molecule has 1 aromatic carbocycles. The third-order valence-electron chi connectivity index (χ3n) is 4.15. The van der Waals surface area contributed by atoms with Crippen LogP contribution in [0.5, 0.6) is 0 Å². The Hall–Kier alpha value is -1.95. The van der Waals surface area contributed by atoms with Crippen LogP contribution in [0.2, 0.25) is 0 Å². The van der Waals surface area contributed by atoms with Crippen molar-refractivity contribution in [3.8, 4) is 0 Å². The van der Waals surface area contributed by atoms with Crippen molar-refractivity contribution in [3.63, 3.8) is 0 Å². The van der Waals surface area contributed by atoms with Crippen LogP contribution in [0.4, 0.5) is 11.4 Å². The van der Waals surface area contributed by atoms with Crippen LogP contribution in [0.15, 0.2) is 12.1 Å². The van der Waals surface area contributed by atoms with Crippen molar-refractivity contribution in [2.75, 3.05) is 25.0 Å². The van der Waals surface area contributed by atoms with E-state index >= 15 is 0 Å². The van der Waals surface area contributed by atoms with Crippen LogP contribution in [-0.4, -0.2) is 35.4 Å². The normalized spacial score (nSPS) is 16.1. The maximum atomic E-state index is 12.2. The number of hydrogen-bond acceptors (Lipinski definition) is 4. The summed E-state index contributed by atoms with van der Waals surface area (Å²) < 4.78 is 0. The number of carbonyl (C=O) groups is 1. The maximum absolute atomic E-state index is 12.2. The predicted molar refractivity (Wildman–Crippen MR) is 86.1 cm³/mol. The van der Waals surface area contributed by atoms with Gasteiger partial charge in [0.15, 0.2) is 0 Å². The van der Waals surface area contributed by atoms with Gasteiger partial charge in [-0.2, -0.15) is 0 Å². The van der Waals surface area contributed by atoms with Gasteiger partial charge in [0, 0.05) is 6.07 Å². The zero-order valence-corrected chi connectivity index (χ0v) is 13.2. The number of benzene rings is 1. The Morgan fingerprint density at radius 1 is 1.18 bits per heavy atom. The van der Waals surface area contributed by atoms with Gasteiger partial charge in [-0.1, -0.05) is 12.8 Å². The number of rotatable bonds is 4. The van der Waals surface area contributed by atoms with Gasteiger partial charge in [0.1, 0.15) is 5.69 Å². The van der Waals surface area contributed by atoms with Gasteiger partial charge < -0.3 is 5.32 Å². The molecule has 0 radical (unpaired) electrons. The summed E-state index contributed by atoms with van der Waals surface area (Å²) >= 11 is 0. The van der Waals surface area contributed by atoms with Crippen LogP contribution in [0.1, 0.15) is 36.8 Å². The average Bonchev–Trinajstić information content (AvgIpc) is 2.70. The van der Waals surface area contributed by atoms with Crippen LogP contribution >= 0.6 is 0 Å². The van der Waals surface area contributed by atoms with Crippen LogP contribution < -0.4 is 5.32 Å². The first-order chi connectivity index (χ1) is 10.5. The minimum Gasteiger partial charge on any atom is -0.319 e. The highest BCUT2D eigenvalue weighted by molar-refractivity contribution is 5.94. The monoisotopic (exact) mass is 305 g/mol. The summed E-state index contributed by atoms with van der Waals surface area (Å²) in [7, 11) is 0. The fourth-order valence-electron chi connectivity index (χ4n) is 2.74. The molecule has 1 amide bonds. The molecule has 0 unspecified atom stereocenters. The Morgan fingerprint density at radius 3 is 2.36 bits per heavy atom. The number of anilines is 1. The van der Waals surface area contributed by atoms with Gasteiger partial charge in [-0.3, -0.25) is 19.8 Å². The summed E-state index contributed by atoms with van der Waals surface area (Å²) in [6, 6.07) is 3.19. The van der Waals surface area contributed by atoms with Gasteiger partial charge in [0.25, 0.3) is 5.69 Å². The van der Waals surface area contributed by atoms with E-state index in [1.165, 1.54) is 18.9 Å². The minimum absolute atomic E-state index is 0.0488. The Kier molecular flexibility index (Phi) is 5.49. The van der Waals surface area contributed by atoms with E-state index in [9.17, 15) is 14.9 Å². The summed E-state index contributed by atoms with van der Waals surface area (Å²) in [6.45, 7) is 5.84. The molecule has 2 rings (SSSR count). The first-order valence-electron chi connectivity index (χ1n) is 7.75. The van der Waals surface area contributed by atoms with Gasteiger partial charge >= 0.3 is 0 Å². The lowest BCUT2D eigenvalue weighted by Crippen LogP contribution is -2.34. The molecule has 1 aliphatic heterocycles. The van der Waals surface area contributed by atoms with Crippen LogP contribution in [-0.2, 0) is 4.79 Å². The summed E-state index contributed by atoms with van der Waals surface area (Å²) in [4.78, 5) is 25.0. The van der Waals surface area contributed by atoms with E-state index in [4.69, 9.17) is 0 Å². The molecule has 1 fully saturated rings. The van der Waals surface area contributed by atoms with Crippen molar-refractivity contribution >= 4 is 17.3 Å². The predicted octanol–water partition coefficient (Wildman–Crippen LogP) is 3.03. The van der Waals surface area contributed by atoms with Gasteiger partial charge in [0.2, 0.25) is 5.91 Å². The first kappa shape index (κ1) is 16.4. The van der Waals surface area contributed by atoms with Crippen molar-refractivity contribution in [2.24, 2.45) is 0 Å². The molecular weight excluding hydrogens is 282 g/mol. The molecule has 6 nitrogen and oxygen atoms in total. The number of nitrogens with one attached hydrogen (secondary N) is 1. The first-order valence-corrected chi connectivity index (χ1v) is 7.75. The number of aryl methyl sites for hydroxylation is 2. The molecular formula is C16H23N3O3. The quantitative estimate of drug-likeness (QED) is 0.685. The van der Waals surface area contributed by atoms with Gasteiger partial charge in [-0.05, 0) is 57.0 Å². The Bertz CT molecular complexity index is 564. The van der Waals surface area contributed by atoms with Crippen LogP contribution in [0, 0.1) is 24.0 Å². The summed E-state index contributed by atoms with van der Waals surface area (Å²) in [6.07, 6.45) is 4.63. The Balaban J connectivity index is 2.07. The molecule has 1 N–H and O–H groups in total. The standard InChI is InChI=1S/C16H23N3O3/c1-12-9-14(15(19(21)22)10-13(12)2)17-16(20)11-18-7-5-3-4-6-8-18/h9-10H,3-8,11H2,1-2H3,(H,17,20). The lowest BCUT2D eigenvalue weighted by molar-refractivity contribution is -0.384. The fraction of sp³-hybridized carbons (Fsp3) is 0.562. The van der Waals surface area contributed by atoms with Crippen molar-refractivity contribution < 1.29 is 9.72 Å². The molecule has 120 valence electrons. The highest BCUT2D eigenvalue weighted by Crippen LogP contribution is 2.27. The van der Waals surface area contributed by atoms with Gasteiger partial charge in [-0.15, -0.1) is 0 Å². The van der Waals surface area contributed by atoms with Crippen molar-refractivity contribution in [1.82, 2.24) is 4.90 Å². The zero-order chi connectivity index (χ0) is 16.1. The third kappa shape index (κ3) is 4.27. The van der Waals surface area contributed by atoms with E-state index in [2.05, 4.69) is 10.2 Å². The topological polar surface area (TPSA) is 75.5 Å². The lowest BCUT2D eigenvalue weighted by Gasteiger charge is -2.19. The van der Waals surface area contributed by atoms with E-state index in [0.717, 1.165) is 37.1 Å². The minimum atomic E-state index is -0.450. The van der Waals surface area contributed by atoms with E-state index in [1.54, 1.807) is 6.07 Å². The number of carbonyl (C=O) groups excluding carboxylic acids is 1. The molecule has 1 saturated heterocycles. The Labute approximate surface area is 130 Å². The maximum Gasteiger partial charge on any atom is 0.293 e. The molecule has 6 heteroatoms. The molecule has 0 saturated carbocycles. The van der Waals surface area contributed by atoms with Gasteiger partial charge in [-0.25, -0.2) is 0 Å². The van der Waals surface area contributed by atoms with E-state index < -0.39 is 4.92 Å². The number of likely N-dealkylation sites (tertiary alicyclic amines) is 1. The molecule has 1 aliphatic rings. The van der Waals surface area contributed by atoms with Crippen LogP contribution in [0.25, 0.3) is 0 Å². The second-order valence-electron chi connectivity index (χ2n) is 5.95. The summed E-state index contributed by atoms with van der Waals surface area (Å²) in [5, 5.41) is 13.9. The number of nitro benzene ring substituents is 1. The van der Waals surface area contributed by atoms with E-state index in [0.29, 0.717) is 6.54 Å². The number of hydrogen-bond donors (Lipinski definition) is 1. The Morgan fingerprint density at radius 2 is 1.77 bits per heavy atom.